The molecule has 0 saturated carbocycles. The first-order chi connectivity index (χ1) is 15.5. The maximum atomic E-state index is 12.8. The fraction of sp³-hybridized carbons (Fsp3) is 0.120. The van der Waals surface area contributed by atoms with E-state index in [2.05, 4.69) is 29.2 Å². The number of nitriles is 1. The van der Waals surface area contributed by atoms with Crippen LogP contribution in [0.2, 0.25) is 0 Å². The maximum Gasteiger partial charge on any atom is 0.271 e. The highest BCUT2D eigenvalue weighted by atomic mass is 32.1. The molecule has 3 heterocycles. The number of nitrogens with zero attached hydrogens (tertiary/aromatic N) is 3. The van der Waals surface area contributed by atoms with Crippen LogP contribution in [0.3, 0.4) is 0 Å². The SMILES string of the molecule is CCN1C(=O)C(C#N)=C(C)/C(=C/c2cc3sc(-c4ccc5ccccc5c4)nc3o2)C1=O. The summed E-state index contributed by atoms with van der Waals surface area (Å²) in [4.78, 5) is 30.8. The summed E-state index contributed by atoms with van der Waals surface area (Å²) >= 11 is 1.51. The van der Waals surface area contributed by atoms with Gasteiger partial charge in [0.15, 0.2) is 0 Å². The number of imide groups is 1. The highest BCUT2D eigenvalue weighted by Crippen LogP contribution is 2.35. The third kappa shape index (κ3) is 3.13. The largest absolute Gasteiger partial charge is 0.437 e. The molecule has 0 bridgehead atoms. The molecule has 2 amide bonds. The van der Waals surface area contributed by atoms with Gasteiger partial charge in [0, 0.05) is 23.7 Å². The predicted molar refractivity (Wildman–Crippen MR) is 124 cm³/mol. The molecule has 0 atom stereocenters. The Balaban J connectivity index is 1.53. The van der Waals surface area contributed by atoms with Gasteiger partial charge in [-0.3, -0.25) is 14.5 Å². The first-order valence-electron chi connectivity index (χ1n) is 10.1. The zero-order chi connectivity index (χ0) is 22.4. The minimum absolute atomic E-state index is 0.0252. The second kappa shape index (κ2) is 7.59. The van der Waals surface area contributed by atoms with Crippen LogP contribution in [0.5, 0.6) is 0 Å². The van der Waals surface area contributed by atoms with Gasteiger partial charge in [-0.25, -0.2) is 4.98 Å². The molecule has 4 aromatic rings. The maximum absolute atomic E-state index is 12.8. The van der Waals surface area contributed by atoms with Gasteiger partial charge in [0.05, 0.1) is 4.70 Å². The fourth-order valence-corrected chi connectivity index (χ4v) is 4.76. The van der Waals surface area contributed by atoms with Crippen LogP contribution >= 0.6 is 11.3 Å². The van der Waals surface area contributed by atoms with E-state index in [4.69, 9.17) is 4.42 Å². The summed E-state index contributed by atoms with van der Waals surface area (Å²) in [5.74, 6) is -0.537. The number of benzene rings is 2. The van der Waals surface area contributed by atoms with Crippen molar-refractivity contribution in [3.8, 4) is 16.6 Å². The van der Waals surface area contributed by atoms with Gasteiger partial charge in [0.2, 0.25) is 5.71 Å². The molecule has 0 N–H and O–H groups in total. The van der Waals surface area contributed by atoms with Crippen molar-refractivity contribution in [1.29, 1.82) is 5.26 Å². The van der Waals surface area contributed by atoms with Crippen LogP contribution in [0.1, 0.15) is 19.6 Å². The fourth-order valence-electron chi connectivity index (χ4n) is 3.83. The molecule has 32 heavy (non-hydrogen) atoms. The molecule has 0 fully saturated rings. The number of amides is 2. The first-order valence-corrected chi connectivity index (χ1v) is 10.9. The van der Waals surface area contributed by atoms with E-state index in [1.54, 1.807) is 19.9 Å². The van der Waals surface area contributed by atoms with Crippen molar-refractivity contribution in [2.24, 2.45) is 0 Å². The average Bonchev–Trinajstić information content (AvgIpc) is 3.36. The van der Waals surface area contributed by atoms with Crippen LogP contribution in [0.4, 0.5) is 0 Å². The van der Waals surface area contributed by atoms with Gasteiger partial charge in [-0.15, -0.1) is 11.3 Å². The van der Waals surface area contributed by atoms with Crippen LogP contribution in [0.15, 0.2) is 69.7 Å². The number of aromatic nitrogens is 1. The summed E-state index contributed by atoms with van der Waals surface area (Å²) in [6, 6.07) is 18.1. The van der Waals surface area contributed by atoms with Gasteiger partial charge in [0.1, 0.15) is 22.4 Å². The Labute approximate surface area is 187 Å². The van der Waals surface area contributed by atoms with E-state index in [1.165, 1.54) is 16.7 Å². The zero-order valence-corrected chi connectivity index (χ0v) is 18.2. The number of rotatable bonds is 3. The summed E-state index contributed by atoms with van der Waals surface area (Å²) in [5.41, 5.74) is 2.11. The Hall–Kier alpha value is -4.02. The first kappa shape index (κ1) is 19.9. The van der Waals surface area contributed by atoms with Crippen LogP contribution in [0.25, 0.3) is 37.8 Å². The van der Waals surface area contributed by atoms with E-state index in [0.717, 1.165) is 25.6 Å². The Morgan fingerprint density at radius 1 is 1.12 bits per heavy atom. The van der Waals surface area contributed by atoms with Gasteiger partial charge in [-0.1, -0.05) is 36.4 Å². The van der Waals surface area contributed by atoms with E-state index in [-0.39, 0.29) is 17.7 Å². The lowest BCUT2D eigenvalue weighted by molar-refractivity contribution is -0.140. The van der Waals surface area contributed by atoms with Crippen molar-refractivity contribution in [2.45, 2.75) is 13.8 Å². The lowest BCUT2D eigenvalue weighted by Gasteiger charge is -2.25. The summed E-state index contributed by atoms with van der Waals surface area (Å²) in [7, 11) is 0. The average molecular weight is 439 g/mol. The van der Waals surface area contributed by atoms with Gasteiger partial charge < -0.3 is 4.42 Å². The molecule has 156 valence electrons. The van der Waals surface area contributed by atoms with Gasteiger partial charge in [-0.2, -0.15) is 5.26 Å². The number of carbonyl (C=O) groups is 2. The molecule has 2 aromatic carbocycles. The van der Waals surface area contributed by atoms with Crippen LogP contribution in [-0.2, 0) is 9.59 Å². The van der Waals surface area contributed by atoms with Crippen molar-refractivity contribution in [3.05, 3.63) is 71.0 Å². The highest BCUT2D eigenvalue weighted by Gasteiger charge is 2.34. The number of carbonyl (C=O) groups excluding carboxylic acids is 2. The number of furan rings is 1. The summed E-state index contributed by atoms with van der Waals surface area (Å²) in [6.45, 7) is 3.50. The minimum atomic E-state index is -0.559. The third-order valence-corrected chi connectivity index (χ3v) is 6.57. The zero-order valence-electron chi connectivity index (χ0n) is 17.4. The Morgan fingerprint density at radius 2 is 1.91 bits per heavy atom. The standard InChI is InChI=1S/C25H17N3O3S/c1-3-28-24(29)19(14(2)20(13-26)25(28)30)11-18-12-21-22(31-18)27-23(32-21)17-9-8-15-6-4-5-7-16(15)10-17/h4-12H,3H2,1-2H3/b19-11-. The number of likely N-dealkylation sites (N-methyl/N-ethyl adjacent to an activating group) is 1. The molecule has 6 nitrogen and oxygen atoms in total. The topological polar surface area (TPSA) is 87.2 Å². The second-order valence-electron chi connectivity index (χ2n) is 7.42. The minimum Gasteiger partial charge on any atom is -0.437 e. The van der Waals surface area contributed by atoms with E-state index < -0.39 is 11.8 Å². The number of thiazole rings is 1. The molecule has 2 aromatic heterocycles. The Bertz CT molecular complexity index is 1500. The molecule has 0 aliphatic carbocycles. The van der Waals surface area contributed by atoms with Crippen LogP contribution in [0, 0.1) is 11.3 Å². The lowest BCUT2D eigenvalue weighted by Crippen LogP contribution is -2.42. The molecule has 7 heteroatoms. The summed E-state index contributed by atoms with van der Waals surface area (Å²) in [6.07, 6.45) is 1.58. The quantitative estimate of drug-likeness (QED) is 0.318. The van der Waals surface area contributed by atoms with Gasteiger partial charge in [-0.05, 0) is 42.3 Å². The molecule has 1 aliphatic heterocycles. The molecule has 0 unspecified atom stereocenters. The molecule has 0 radical (unpaired) electrons. The highest BCUT2D eigenvalue weighted by molar-refractivity contribution is 7.21. The Kier molecular flexibility index (Phi) is 4.72. The summed E-state index contributed by atoms with van der Waals surface area (Å²) < 4.78 is 6.74. The molecule has 1 aliphatic rings. The van der Waals surface area contributed by atoms with E-state index in [9.17, 15) is 14.9 Å². The molecule has 0 spiro atoms. The number of fused-ring (bicyclic) bond motifs is 2. The number of hydrogen-bond acceptors (Lipinski definition) is 6. The lowest BCUT2D eigenvalue weighted by atomic mass is 9.95. The normalized spacial score (nSPS) is 15.9. The van der Waals surface area contributed by atoms with E-state index >= 15 is 0 Å². The Morgan fingerprint density at radius 3 is 2.62 bits per heavy atom. The molecular formula is C25H17N3O3S. The monoisotopic (exact) mass is 439 g/mol. The van der Waals surface area contributed by atoms with E-state index in [0.29, 0.717) is 17.0 Å². The predicted octanol–water partition coefficient (Wildman–Crippen LogP) is 5.32. The van der Waals surface area contributed by atoms with Crippen LogP contribution in [-0.4, -0.2) is 28.2 Å². The van der Waals surface area contributed by atoms with Crippen molar-refractivity contribution >= 4 is 50.4 Å². The van der Waals surface area contributed by atoms with Gasteiger partial charge >= 0.3 is 0 Å². The van der Waals surface area contributed by atoms with Crippen molar-refractivity contribution < 1.29 is 14.0 Å². The van der Waals surface area contributed by atoms with Crippen molar-refractivity contribution in [1.82, 2.24) is 9.88 Å². The number of hydrogen-bond donors (Lipinski definition) is 0. The third-order valence-electron chi connectivity index (χ3n) is 5.53. The van der Waals surface area contributed by atoms with Gasteiger partial charge in [0.25, 0.3) is 11.8 Å². The van der Waals surface area contributed by atoms with Crippen LogP contribution < -0.4 is 0 Å². The smallest absolute Gasteiger partial charge is 0.271 e. The van der Waals surface area contributed by atoms with Crippen molar-refractivity contribution in [2.75, 3.05) is 6.54 Å². The van der Waals surface area contributed by atoms with Crippen molar-refractivity contribution in [3.63, 3.8) is 0 Å². The second-order valence-corrected chi connectivity index (χ2v) is 8.45. The van der Waals surface area contributed by atoms with E-state index in [1.807, 2.05) is 30.3 Å². The summed E-state index contributed by atoms with van der Waals surface area (Å²) in [5, 5.41) is 12.5. The molecule has 5 rings (SSSR count). The molecular weight excluding hydrogens is 422 g/mol. The molecule has 0 saturated heterocycles.